The maximum Gasteiger partial charge on any atom is 0.253 e. The number of ether oxygens (including phenoxy) is 2. The average Bonchev–Trinajstić information content (AvgIpc) is 3.22. The molecule has 0 bridgehead atoms. The van der Waals surface area contributed by atoms with E-state index < -0.39 is 24.3 Å². The molecule has 1 heterocycles. The smallest absolute Gasteiger partial charge is 0.253 e. The standard InChI is InChI=1S/C26H34N4O6/c1-26(2,35-3)10-13-36-22-7-5-4-6-20(22)30(11-12-31)23(33)15-21(32)25(34)29-18-8-9-19-17(14-18)16-28-24(19)27/h4-9,14,21,31-32H,10-13,15-16H2,1-3H3,(H2,27,28)(H,29,34)/p+1/t21-/m1/s1. The van der Waals surface area contributed by atoms with E-state index in [1.807, 2.05) is 13.8 Å². The summed E-state index contributed by atoms with van der Waals surface area (Å²) in [7, 11) is 1.64. The number of anilines is 2. The van der Waals surface area contributed by atoms with Crippen LogP contribution in [0, 0.1) is 0 Å². The summed E-state index contributed by atoms with van der Waals surface area (Å²) in [5, 5.41) is 20.8. The van der Waals surface area contributed by atoms with Crippen LogP contribution in [0.1, 0.15) is 37.8 Å². The number of methoxy groups -OCH3 is 1. The summed E-state index contributed by atoms with van der Waals surface area (Å²) in [6, 6.07) is 12.2. The molecule has 0 spiro atoms. The summed E-state index contributed by atoms with van der Waals surface area (Å²) in [5.74, 6) is -0.264. The van der Waals surface area contributed by atoms with Gasteiger partial charge in [-0.15, -0.1) is 0 Å². The molecule has 0 saturated heterocycles. The van der Waals surface area contributed by atoms with Gasteiger partial charge < -0.3 is 35.6 Å². The number of para-hydroxylation sites is 2. The van der Waals surface area contributed by atoms with Crippen molar-refractivity contribution in [3.05, 3.63) is 53.6 Å². The monoisotopic (exact) mass is 499 g/mol. The molecule has 2 amide bonds. The molecular weight excluding hydrogens is 464 g/mol. The number of fused-ring (bicyclic) bond motifs is 1. The highest BCUT2D eigenvalue weighted by Crippen LogP contribution is 2.29. The minimum absolute atomic E-state index is 0.0562. The van der Waals surface area contributed by atoms with Crippen molar-refractivity contribution >= 4 is 29.0 Å². The normalized spacial score (nSPS) is 13.5. The van der Waals surface area contributed by atoms with Gasteiger partial charge in [-0.25, -0.2) is 0 Å². The van der Waals surface area contributed by atoms with Crippen LogP contribution < -0.4 is 20.7 Å². The second-order valence-electron chi connectivity index (χ2n) is 9.11. The van der Waals surface area contributed by atoms with Gasteiger partial charge in [0.2, 0.25) is 5.91 Å². The first-order valence-electron chi connectivity index (χ1n) is 11.8. The molecule has 0 aliphatic carbocycles. The second kappa shape index (κ2) is 12.0. The molecule has 0 fully saturated rings. The van der Waals surface area contributed by atoms with Crippen LogP contribution >= 0.6 is 0 Å². The Labute approximate surface area is 210 Å². The van der Waals surface area contributed by atoms with Crippen molar-refractivity contribution < 1.29 is 29.3 Å². The summed E-state index contributed by atoms with van der Waals surface area (Å²) in [6.45, 7) is 4.73. The Morgan fingerprint density at radius 3 is 2.75 bits per heavy atom. The van der Waals surface area contributed by atoms with Gasteiger partial charge in [-0.05, 0) is 49.7 Å². The van der Waals surface area contributed by atoms with Crippen molar-refractivity contribution in [2.45, 2.75) is 44.9 Å². The maximum absolute atomic E-state index is 13.1. The third-order valence-corrected chi connectivity index (χ3v) is 6.05. The number of nitrogens with one attached hydrogen (secondary N) is 1. The van der Waals surface area contributed by atoms with Crippen LogP contribution in [0.25, 0.3) is 0 Å². The van der Waals surface area contributed by atoms with Gasteiger partial charge in [0.1, 0.15) is 17.7 Å². The van der Waals surface area contributed by atoms with Gasteiger partial charge in [0.05, 0.1) is 37.4 Å². The van der Waals surface area contributed by atoms with E-state index in [9.17, 15) is 14.7 Å². The van der Waals surface area contributed by atoms with Crippen LogP contribution in [0.15, 0.2) is 47.5 Å². The zero-order valence-corrected chi connectivity index (χ0v) is 20.9. The number of nitrogens with two attached hydrogens (primary N) is 1. The molecule has 3 rings (SSSR count). The number of aliphatic hydroxyl groups excluding tert-OH is 1. The number of hydrogen-bond donors (Lipinski definition) is 3. The largest absolute Gasteiger partial charge is 0.491 e. The number of aliphatic imine (C=N–C) groups is 1. The number of rotatable bonds is 12. The number of amidine groups is 1. The number of amides is 2. The van der Waals surface area contributed by atoms with E-state index in [0.29, 0.717) is 42.5 Å². The lowest BCUT2D eigenvalue weighted by molar-refractivity contribution is -0.129. The van der Waals surface area contributed by atoms with Crippen molar-refractivity contribution in [1.82, 2.24) is 0 Å². The van der Waals surface area contributed by atoms with Crippen molar-refractivity contribution in [2.24, 2.45) is 10.7 Å². The molecule has 1 aliphatic heterocycles. The van der Waals surface area contributed by atoms with Crippen LogP contribution in [-0.2, 0) is 20.9 Å². The lowest BCUT2D eigenvalue weighted by Gasteiger charge is -2.26. The van der Waals surface area contributed by atoms with Crippen LogP contribution in [0.2, 0.25) is 0 Å². The first-order valence-corrected chi connectivity index (χ1v) is 11.8. The number of hydrogen-bond acceptors (Lipinski definition) is 7. The summed E-state index contributed by atoms with van der Waals surface area (Å²) < 4.78 is 11.4. The second-order valence-corrected chi connectivity index (χ2v) is 9.11. The topological polar surface area (TPSA) is 149 Å². The highest BCUT2D eigenvalue weighted by Gasteiger charge is 2.26. The first-order chi connectivity index (χ1) is 17.1. The van der Waals surface area contributed by atoms with Crippen LogP contribution in [0.5, 0.6) is 5.75 Å². The first kappa shape index (κ1) is 27.1. The molecule has 10 nitrogen and oxygen atoms in total. The van der Waals surface area contributed by atoms with E-state index >= 15 is 0 Å². The van der Waals surface area contributed by atoms with Gasteiger partial charge in [0.15, 0.2) is 6.61 Å². The van der Waals surface area contributed by atoms with E-state index in [1.54, 1.807) is 49.6 Å². The number of carbonyl (C=O) groups excluding carboxylic acids is 2. The van der Waals surface area contributed by atoms with Crippen LogP contribution in [-0.4, -0.2) is 66.4 Å². The molecule has 0 aromatic heterocycles. The van der Waals surface area contributed by atoms with Gasteiger partial charge in [-0.3, -0.25) is 14.6 Å². The van der Waals surface area contributed by atoms with Crippen LogP contribution in [0.4, 0.5) is 11.4 Å². The molecule has 1 atom stereocenters. The highest BCUT2D eigenvalue weighted by molar-refractivity contribution is 6.03. The fourth-order valence-electron chi connectivity index (χ4n) is 3.70. The predicted octanol–water partition coefficient (Wildman–Crippen LogP) is 1.55. The Kier molecular flexibility index (Phi) is 9.03. The average molecular weight is 500 g/mol. The van der Waals surface area contributed by atoms with E-state index in [1.165, 1.54) is 4.90 Å². The minimum atomic E-state index is -1.57. The predicted molar refractivity (Wildman–Crippen MR) is 139 cm³/mol. The van der Waals surface area contributed by atoms with E-state index in [4.69, 9.17) is 20.3 Å². The molecular formula is C26H35N4O6+. The Morgan fingerprint density at radius 1 is 1.28 bits per heavy atom. The number of benzene rings is 2. The SMILES string of the molecule is COC(C)(C)CCOc1ccccc1N(CC[OH2+])C(=O)C[C@@H](O)C(=O)Nc1ccc2c(c1)CN=C2N. The number of nitrogens with zero attached hydrogens (tertiary/aromatic N) is 2. The third kappa shape index (κ3) is 6.81. The summed E-state index contributed by atoms with van der Waals surface area (Å²) in [4.78, 5) is 31.2. The number of aliphatic hydroxyl groups is 1. The lowest BCUT2D eigenvalue weighted by atomic mass is 10.1. The van der Waals surface area contributed by atoms with Gasteiger partial charge in [-0.1, -0.05) is 12.1 Å². The van der Waals surface area contributed by atoms with Gasteiger partial charge >= 0.3 is 0 Å². The zero-order chi connectivity index (χ0) is 26.3. The zero-order valence-electron chi connectivity index (χ0n) is 20.9. The third-order valence-electron chi connectivity index (χ3n) is 6.05. The molecule has 0 radical (unpaired) electrons. The molecule has 194 valence electrons. The molecule has 10 heteroatoms. The maximum atomic E-state index is 13.1. The minimum Gasteiger partial charge on any atom is -0.491 e. The Bertz CT molecular complexity index is 1120. The van der Waals surface area contributed by atoms with Gasteiger partial charge in [0.25, 0.3) is 5.91 Å². The van der Waals surface area contributed by atoms with Crippen molar-refractivity contribution in [1.29, 1.82) is 0 Å². The molecule has 0 unspecified atom stereocenters. The molecule has 2 aromatic carbocycles. The van der Waals surface area contributed by atoms with E-state index in [0.717, 1.165) is 11.1 Å². The van der Waals surface area contributed by atoms with Crippen molar-refractivity contribution in [3.8, 4) is 5.75 Å². The molecule has 0 saturated carbocycles. The fourth-order valence-corrected chi connectivity index (χ4v) is 3.70. The molecule has 36 heavy (non-hydrogen) atoms. The number of carbonyl (C=O) groups is 2. The summed E-state index contributed by atoms with van der Waals surface area (Å²) in [5.41, 5.74) is 8.12. The lowest BCUT2D eigenvalue weighted by Crippen LogP contribution is -2.39. The van der Waals surface area contributed by atoms with E-state index in [-0.39, 0.29) is 18.8 Å². The molecule has 2 aromatic rings. The van der Waals surface area contributed by atoms with Crippen molar-refractivity contribution in [3.63, 3.8) is 0 Å². The van der Waals surface area contributed by atoms with Crippen LogP contribution in [0.3, 0.4) is 0 Å². The highest BCUT2D eigenvalue weighted by atomic mass is 16.5. The summed E-state index contributed by atoms with van der Waals surface area (Å²) >= 11 is 0. The Morgan fingerprint density at radius 2 is 2.03 bits per heavy atom. The van der Waals surface area contributed by atoms with E-state index in [2.05, 4.69) is 10.3 Å². The summed E-state index contributed by atoms with van der Waals surface area (Å²) in [6.07, 6.45) is -1.39. The fraction of sp³-hybridized carbons (Fsp3) is 0.423. The van der Waals surface area contributed by atoms with Gasteiger partial charge in [0, 0.05) is 24.8 Å². The molecule has 1 aliphatic rings. The molecule has 6 N–H and O–H groups in total. The quantitative estimate of drug-likeness (QED) is 0.377. The Balaban J connectivity index is 1.65. The van der Waals surface area contributed by atoms with Crippen molar-refractivity contribution in [2.75, 3.05) is 37.1 Å². The Hall–Kier alpha value is -3.47. The van der Waals surface area contributed by atoms with Gasteiger partial charge in [-0.2, -0.15) is 0 Å².